The standard InChI is InChI=1S/C15H19N3O/c16-15-17-13-9-5-4-8-12(13)14(18-15)19-10-11-6-2-1-3-7-11/h4-5,8-9,11H,1-3,6-7,10H2,(H2,16,17,18). The van der Waals surface area contributed by atoms with Gasteiger partial charge in [0.2, 0.25) is 11.8 Å². The summed E-state index contributed by atoms with van der Waals surface area (Å²) < 4.78 is 5.91. The Balaban J connectivity index is 1.79. The summed E-state index contributed by atoms with van der Waals surface area (Å²) in [4.78, 5) is 8.45. The maximum Gasteiger partial charge on any atom is 0.226 e. The predicted octanol–water partition coefficient (Wildman–Crippen LogP) is 3.17. The van der Waals surface area contributed by atoms with Gasteiger partial charge in [-0.1, -0.05) is 31.4 Å². The van der Waals surface area contributed by atoms with Crippen molar-refractivity contribution in [3.63, 3.8) is 0 Å². The van der Waals surface area contributed by atoms with Gasteiger partial charge in [0.1, 0.15) is 0 Å². The molecule has 0 atom stereocenters. The molecule has 1 aliphatic carbocycles. The summed E-state index contributed by atoms with van der Waals surface area (Å²) in [6.07, 6.45) is 6.53. The molecule has 1 aromatic carbocycles. The first-order valence-electron chi connectivity index (χ1n) is 6.98. The zero-order chi connectivity index (χ0) is 13.1. The van der Waals surface area contributed by atoms with Gasteiger partial charge in [0.15, 0.2) is 0 Å². The number of fused-ring (bicyclic) bond motifs is 1. The topological polar surface area (TPSA) is 61.0 Å². The summed E-state index contributed by atoms with van der Waals surface area (Å²) in [6.45, 7) is 0.737. The Labute approximate surface area is 113 Å². The second-order valence-electron chi connectivity index (χ2n) is 5.22. The van der Waals surface area contributed by atoms with Crippen LogP contribution >= 0.6 is 0 Å². The summed E-state index contributed by atoms with van der Waals surface area (Å²) in [6, 6.07) is 7.82. The monoisotopic (exact) mass is 257 g/mol. The molecular weight excluding hydrogens is 238 g/mol. The van der Waals surface area contributed by atoms with Gasteiger partial charge in [-0.25, -0.2) is 4.98 Å². The lowest BCUT2D eigenvalue weighted by molar-refractivity contribution is 0.205. The van der Waals surface area contributed by atoms with Gasteiger partial charge < -0.3 is 10.5 Å². The second-order valence-corrected chi connectivity index (χ2v) is 5.22. The fourth-order valence-electron chi connectivity index (χ4n) is 2.73. The van der Waals surface area contributed by atoms with Gasteiger partial charge >= 0.3 is 0 Å². The molecule has 19 heavy (non-hydrogen) atoms. The third-order valence-corrected chi connectivity index (χ3v) is 3.77. The highest BCUT2D eigenvalue weighted by atomic mass is 16.5. The van der Waals surface area contributed by atoms with Gasteiger partial charge in [-0.15, -0.1) is 0 Å². The SMILES string of the molecule is Nc1nc(OCC2CCCCC2)c2ccccc2n1. The largest absolute Gasteiger partial charge is 0.477 e. The maximum absolute atomic E-state index is 5.91. The van der Waals surface area contributed by atoms with Crippen molar-refractivity contribution in [3.8, 4) is 5.88 Å². The molecule has 0 spiro atoms. The fraction of sp³-hybridized carbons (Fsp3) is 0.467. The van der Waals surface area contributed by atoms with Crippen LogP contribution in [-0.4, -0.2) is 16.6 Å². The quantitative estimate of drug-likeness (QED) is 0.917. The molecule has 100 valence electrons. The number of nitrogens with two attached hydrogens (primary N) is 1. The molecule has 1 aliphatic rings. The normalized spacial score (nSPS) is 16.6. The molecule has 0 unspecified atom stereocenters. The summed E-state index contributed by atoms with van der Waals surface area (Å²) in [5, 5.41) is 0.938. The van der Waals surface area contributed by atoms with E-state index in [-0.39, 0.29) is 5.95 Å². The first kappa shape index (κ1) is 12.2. The average molecular weight is 257 g/mol. The molecule has 0 amide bonds. The van der Waals surface area contributed by atoms with Crippen LogP contribution < -0.4 is 10.5 Å². The molecule has 1 saturated carbocycles. The Kier molecular flexibility index (Phi) is 3.49. The van der Waals surface area contributed by atoms with E-state index in [0.29, 0.717) is 11.8 Å². The molecule has 1 fully saturated rings. The Bertz CT molecular complexity index is 564. The summed E-state index contributed by atoms with van der Waals surface area (Å²) in [5.41, 5.74) is 6.57. The zero-order valence-corrected chi connectivity index (χ0v) is 11.0. The summed E-state index contributed by atoms with van der Waals surface area (Å²) >= 11 is 0. The molecule has 0 bridgehead atoms. The van der Waals surface area contributed by atoms with Crippen LogP contribution in [0.2, 0.25) is 0 Å². The van der Waals surface area contributed by atoms with Crippen LogP contribution in [0.1, 0.15) is 32.1 Å². The Morgan fingerprint density at radius 3 is 2.74 bits per heavy atom. The van der Waals surface area contributed by atoms with Crippen LogP contribution in [0.3, 0.4) is 0 Å². The third kappa shape index (κ3) is 2.78. The minimum Gasteiger partial charge on any atom is -0.477 e. The number of aromatic nitrogens is 2. The van der Waals surface area contributed by atoms with E-state index in [1.54, 1.807) is 0 Å². The number of hydrogen-bond acceptors (Lipinski definition) is 4. The Hall–Kier alpha value is -1.84. The smallest absolute Gasteiger partial charge is 0.226 e. The molecule has 1 aromatic heterocycles. The summed E-state index contributed by atoms with van der Waals surface area (Å²) in [5.74, 6) is 1.55. The van der Waals surface area contributed by atoms with Gasteiger partial charge in [0, 0.05) is 0 Å². The highest BCUT2D eigenvalue weighted by Crippen LogP contribution is 2.27. The number of para-hydroxylation sites is 1. The molecular formula is C15H19N3O. The van der Waals surface area contributed by atoms with Crippen LogP contribution in [0, 0.1) is 5.92 Å². The number of benzene rings is 1. The molecule has 3 rings (SSSR count). The van der Waals surface area contributed by atoms with Crippen LogP contribution in [0.5, 0.6) is 5.88 Å². The molecule has 4 nitrogen and oxygen atoms in total. The maximum atomic E-state index is 5.91. The zero-order valence-electron chi connectivity index (χ0n) is 11.0. The highest BCUT2D eigenvalue weighted by molar-refractivity contribution is 5.84. The lowest BCUT2D eigenvalue weighted by atomic mass is 9.90. The van der Waals surface area contributed by atoms with Gasteiger partial charge in [0.05, 0.1) is 17.5 Å². The van der Waals surface area contributed by atoms with E-state index in [1.807, 2.05) is 24.3 Å². The predicted molar refractivity (Wildman–Crippen MR) is 76.0 cm³/mol. The van der Waals surface area contributed by atoms with Crippen LogP contribution in [0.25, 0.3) is 10.9 Å². The molecule has 0 saturated heterocycles. The van der Waals surface area contributed by atoms with Crippen molar-refractivity contribution in [1.29, 1.82) is 0 Å². The fourth-order valence-corrected chi connectivity index (χ4v) is 2.73. The van der Waals surface area contributed by atoms with E-state index >= 15 is 0 Å². The number of rotatable bonds is 3. The highest BCUT2D eigenvalue weighted by Gasteiger charge is 2.15. The lowest BCUT2D eigenvalue weighted by Crippen LogP contribution is -2.16. The van der Waals surface area contributed by atoms with E-state index < -0.39 is 0 Å². The van der Waals surface area contributed by atoms with Crippen LogP contribution in [0.15, 0.2) is 24.3 Å². The number of hydrogen-bond donors (Lipinski definition) is 1. The van der Waals surface area contributed by atoms with Crippen molar-refractivity contribution < 1.29 is 4.74 Å². The van der Waals surface area contributed by atoms with Crippen molar-refractivity contribution in [2.45, 2.75) is 32.1 Å². The first-order chi connectivity index (χ1) is 9.33. The van der Waals surface area contributed by atoms with E-state index in [1.165, 1.54) is 32.1 Å². The number of nitrogens with zero attached hydrogens (tertiary/aromatic N) is 2. The van der Waals surface area contributed by atoms with Crippen molar-refractivity contribution >= 4 is 16.9 Å². The molecule has 0 radical (unpaired) electrons. The van der Waals surface area contributed by atoms with Crippen LogP contribution in [0.4, 0.5) is 5.95 Å². The van der Waals surface area contributed by atoms with E-state index in [4.69, 9.17) is 10.5 Å². The number of anilines is 1. The van der Waals surface area contributed by atoms with Crippen LogP contribution in [-0.2, 0) is 0 Å². The third-order valence-electron chi connectivity index (χ3n) is 3.77. The van der Waals surface area contributed by atoms with Gasteiger partial charge in [0.25, 0.3) is 0 Å². The number of ether oxygens (including phenoxy) is 1. The molecule has 2 aromatic rings. The van der Waals surface area contributed by atoms with Gasteiger partial charge in [-0.3, -0.25) is 0 Å². The van der Waals surface area contributed by atoms with E-state index in [2.05, 4.69) is 9.97 Å². The van der Waals surface area contributed by atoms with Crippen molar-refractivity contribution in [2.75, 3.05) is 12.3 Å². The molecule has 1 heterocycles. The molecule has 4 heteroatoms. The molecule has 0 aliphatic heterocycles. The Morgan fingerprint density at radius 1 is 1.11 bits per heavy atom. The van der Waals surface area contributed by atoms with Crippen molar-refractivity contribution in [2.24, 2.45) is 5.92 Å². The number of nitrogen functional groups attached to an aromatic ring is 1. The van der Waals surface area contributed by atoms with Crippen molar-refractivity contribution in [1.82, 2.24) is 9.97 Å². The lowest BCUT2D eigenvalue weighted by Gasteiger charge is -2.21. The van der Waals surface area contributed by atoms with E-state index in [0.717, 1.165) is 17.5 Å². The van der Waals surface area contributed by atoms with Crippen molar-refractivity contribution in [3.05, 3.63) is 24.3 Å². The minimum absolute atomic E-state index is 0.275. The second kappa shape index (κ2) is 5.43. The minimum atomic E-state index is 0.275. The molecule has 2 N–H and O–H groups in total. The Morgan fingerprint density at radius 2 is 1.89 bits per heavy atom. The van der Waals surface area contributed by atoms with Gasteiger partial charge in [-0.05, 0) is 30.9 Å². The summed E-state index contributed by atoms with van der Waals surface area (Å²) in [7, 11) is 0. The first-order valence-corrected chi connectivity index (χ1v) is 6.98. The van der Waals surface area contributed by atoms with E-state index in [9.17, 15) is 0 Å². The van der Waals surface area contributed by atoms with Gasteiger partial charge in [-0.2, -0.15) is 4.98 Å². The average Bonchev–Trinajstić information content (AvgIpc) is 2.45.